The Kier molecular flexibility index (Phi) is 8.93. The van der Waals surface area contributed by atoms with Crippen molar-refractivity contribution < 1.29 is 4.74 Å². The zero-order chi connectivity index (χ0) is 27.6. The molecule has 1 unspecified atom stereocenters. The highest BCUT2D eigenvalue weighted by Crippen LogP contribution is 2.37. The zero-order valence-electron chi connectivity index (χ0n) is 22.0. The van der Waals surface area contributed by atoms with Gasteiger partial charge in [-0.15, -0.1) is 19.4 Å². The van der Waals surface area contributed by atoms with Gasteiger partial charge in [0.2, 0.25) is 5.60 Å². The Morgan fingerprint density at radius 2 is 1.25 bits per heavy atom. The summed E-state index contributed by atoms with van der Waals surface area (Å²) >= 11 is 0. The predicted molar refractivity (Wildman–Crippen MR) is 156 cm³/mol. The lowest BCUT2D eigenvalue weighted by atomic mass is 9.92. The fourth-order valence-electron chi connectivity index (χ4n) is 4.48. The van der Waals surface area contributed by atoms with Crippen LogP contribution in [0.25, 0.3) is 0 Å². The first-order chi connectivity index (χ1) is 19.7. The summed E-state index contributed by atoms with van der Waals surface area (Å²) in [6.45, 7) is 1.68. The number of rotatable bonds is 13. The Bertz CT molecular complexity index is 1420. The molecule has 40 heavy (non-hydrogen) atoms. The maximum absolute atomic E-state index is 6.47. The number of aromatic nitrogens is 6. The van der Waals surface area contributed by atoms with Gasteiger partial charge in [0.1, 0.15) is 11.4 Å². The Hall–Kier alpha value is -4.37. The first-order valence-corrected chi connectivity index (χ1v) is 13.7. The minimum absolute atomic E-state index is 0.273. The summed E-state index contributed by atoms with van der Waals surface area (Å²) in [4.78, 5) is 0. The minimum atomic E-state index is -1.32. The quantitative estimate of drug-likeness (QED) is 0.116. The van der Waals surface area contributed by atoms with Crippen LogP contribution < -0.4 is 16.6 Å². The molecule has 1 atom stereocenters. The van der Waals surface area contributed by atoms with Crippen molar-refractivity contribution >= 4 is 9.24 Å². The summed E-state index contributed by atoms with van der Waals surface area (Å²) in [6.07, 6.45) is 5.77. The number of nitrogens with zero attached hydrogens (tertiary/aromatic N) is 6. The largest absolute Gasteiger partial charge is 0.385 e. The molecule has 0 spiro atoms. The molecular weight excluding hydrogens is 521 g/mol. The molecule has 11 heteroatoms. The van der Waals surface area contributed by atoms with E-state index in [1.165, 1.54) is 0 Å². The highest BCUT2D eigenvalue weighted by molar-refractivity contribution is 7.16. The van der Waals surface area contributed by atoms with E-state index in [1.54, 1.807) is 15.6 Å². The second-order valence-corrected chi connectivity index (χ2v) is 9.47. The number of benzene rings is 3. The van der Waals surface area contributed by atoms with Crippen LogP contribution in [0.5, 0.6) is 0 Å². The molecule has 5 rings (SSSR count). The summed E-state index contributed by atoms with van der Waals surface area (Å²) in [5, 5.41) is 21.3. The molecule has 0 amide bonds. The van der Waals surface area contributed by atoms with Gasteiger partial charge in [-0.05, 0) is 16.7 Å². The second-order valence-electron chi connectivity index (χ2n) is 9.13. The highest BCUT2D eigenvalue weighted by atomic mass is 31.0. The number of hydrogen-bond acceptors (Lipinski definition) is 8. The van der Waals surface area contributed by atoms with Gasteiger partial charge in [0.25, 0.3) is 0 Å². The molecule has 0 bridgehead atoms. The lowest BCUT2D eigenvalue weighted by molar-refractivity contribution is 0.0294. The average Bonchev–Trinajstić information content (AvgIpc) is 3.66. The van der Waals surface area contributed by atoms with Crippen molar-refractivity contribution in [1.82, 2.24) is 40.7 Å². The van der Waals surface area contributed by atoms with Gasteiger partial charge in [0, 0.05) is 12.7 Å². The fourth-order valence-corrected chi connectivity index (χ4v) is 4.73. The van der Waals surface area contributed by atoms with E-state index in [-0.39, 0.29) is 6.35 Å². The Morgan fingerprint density at radius 3 is 1.70 bits per heavy atom. The third-order valence-electron chi connectivity index (χ3n) is 6.40. The van der Waals surface area contributed by atoms with Crippen LogP contribution in [0.1, 0.15) is 28.1 Å². The molecule has 10 nitrogen and oxygen atoms in total. The Balaban J connectivity index is 1.53. The molecule has 0 fully saturated rings. The second kappa shape index (κ2) is 13.1. The smallest absolute Gasteiger partial charge is 0.201 e. The van der Waals surface area contributed by atoms with E-state index in [1.807, 2.05) is 103 Å². The SMILES string of the molecule is NN/C(=C\NCc1ccccc1)C(OCP)(c1cn(Cc2ccccc2)nn1)c1cn(Cc2ccccc2)nn1. The number of hydrogen-bond donors (Lipinski definition) is 3. The minimum Gasteiger partial charge on any atom is -0.385 e. The summed E-state index contributed by atoms with van der Waals surface area (Å²) in [5.74, 6) is 6.15. The number of nitrogens with one attached hydrogen (secondary N) is 2. The van der Waals surface area contributed by atoms with Crippen LogP contribution in [0, 0.1) is 0 Å². The molecule has 0 aliphatic rings. The molecule has 4 N–H and O–H groups in total. The van der Waals surface area contributed by atoms with Crippen LogP contribution >= 0.6 is 9.24 Å². The van der Waals surface area contributed by atoms with Crippen molar-refractivity contribution in [2.75, 3.05) is 6.35 Å². The molecule has 0 aliphatic heterocycles. The van der Waals surface area contributed by atoms with Crippen molar-refractivity contribution in [3.05, 3.63) is 143 Å². The number of ether oxygens (including phenoxy) is 1. The molecule has 204 valence electrons. The van der Waals surface area contributed by atoms with Gasteiger partial charge in [0.15, 0.2) is 0 Å². The topological polar surface area (TPSA) is 121 Å². The monoisotopic (exact) mass is 553 g/mol. The standard InChI is InChI=1S/C29H32N9OP/c30-32-26(17-31-16-23-10-4-1-5-11-23)29(39-22-40,27-20-37(35-33-27)18-24-12-6-2-7-13-24)28-21-38(36-34-28)19-25-14-8-3-9-15-25/h1-15,17,20-21,31-32H,16,18-19,22,30,40H2/b26-17-. The zero-order valence-corrected chi connectivity index (χ0v) is 23.1. The van der Waals surface area contributed by atoms with E-state index >= 15 is 0 Å². The van der Waals surface area contributed by atoms with Gasteiger partial charge < -0.3 is 15.5 Å². The van der Waals surface area contributed by atoms with Crippen LogP contribution in [0.15, 0.2) is 115 Å². The van der Waals surface area contributed by atoms with Gasteiger partial charge in [0.05, 0.1) is 37.5 Å². The van der Waals surface area contributed by atoms with E-state index in [9.17, 15) is 0 Å². The first-order valence-electron chi connectivity index (χ1n) is 12.9. The van der Waals surface area contributed by atoms with Gasteiger partial charge in [-0.25, -0.2) is 9.36 Å². The van der Waals surface area contributed by atoms with Crippen LogP contribution in [0.3, 0.4) is 0 Å². The van der Waals surface area contributed by atoms with Crippen LogP contribution in [-0.2, 0) is 30.0 Å². The molecule has 2 heterocycles. The molecule has 3 aromatic carbocycles. The van der Waals surface area contributed by atoms with Gasteiger partial charge in [-0.2, -0.15) is 0 Å². The summed E-state index contributed by atoms with van der Waals surface area (Å²) < 4.78 is 10.0. The van der Waals surface area contributed by atoms with E-state index in [4.69, 9.17) is 10.6 Å². The molecule has 0 saturated heterocycles. The van der Waals surface area contributed by atoms with E-state index < -0.39 is 5.60 Å². The molecular formula is C29H32N9OP. The third-order valence-corrected chi connectivity index (χ3v) is 6.57. The fraction of sp³-hybridized carbons (Fsp3) is 0.172. The van der Waals surface area contributed by atoms with Crippen LogP contribution in [0.4, 0.5) is 0 Å². The van der Waals surface area contributed by atoms with Crippen molar-refractivity contribution in [2.24, 2.45) is 5.84 Å². The lowest BCUT2D eigenvalue weighted by Crippen LogP contribution is -2.43. The summed E-state index contributed by atoms with van der Waals surface area (Å²) in [5.41, 5.74) is 6.38. The van der Waals surface area contributed by atoms with E-state index in [0.717, 1.165) is 16.7 Å². The first kappa shape index (κ1) is 27.2. The predicted octanol–water partition coefficient (Wildman–Crippen LogP) is 3.15. The van der Waals surface area contributed by atoms with E-state index in [2.05, 4.69) is 40.6 Å². The third kappa shape index (κ3) is 6.26. The maximum Gasteiger partial charge on any atom is 0.201 e. The van der Waals surface area contributed by atoms with Crippen LogP contribution in [0.2, 0.25) is 0 Å². The van der Waals surface area contributed by atoms with Crippen molar-refractivity contribution in [1.29, 1.82) is 0 Å². The van der Waals surface area contributed by atoms with Crippen molar-refractivity contribution in [3.63, 3.8) is 0 Å². The lowest BCUT2D eigenvalue weighted by Gasteiger charge is -2.31. The van der Waals surface area contributed by atoms with E-state index in [0.29, 0.717) is 36.7 Å². The Morgan fingerprint density at radius 1 is 0.775 bits per heavy atom. The number of hydrazine groups is 1. The maximum atomic E-state index is 6.47. The Labute approximate surface area is 235 Å². The van der Waals surface area contributed by atoms with Crippen molar-refractivity contribution in [3.8, 4) is 0 Å². The number of nitrogens with two attached hydrogens (primary N) is 1. The normalized spacial score (nSPS) is 11.9. The van der Waals surface area contributed by atoms with Gasteiger partial charge >= 0.3 is 0 Å². The molecule has 2 aromatic heterocycles. The summed E-state index contributed by atoms with van der Waals surface area (Å²) in [6, 6.07) is 30.2. The molecule has 5 aromatic rings. The molecule has 0 radical (unpaired) electrons. The molecule has 0 aliphatic carbocycles. The average molecular weight is 554 g/mol. The van der Waals surface area contributed by atoms with Crippen molar-refractivity contribution in [2.45, 2.75) is 25.2 Å². The highest BCUT2D eigenvalue weighted by Gasteiger charge is 2.45. The summed E-state index contributed by atoms with van der Waals surface area (Å²) in [7, 11) is 2.60. The van der Waals surface area contributed by atoms with Gasteiger partial charge in [-0.1, -0.05) is 101 Å². The van der Waals surface area contributed by atoms with Gasteiger partial charge in [-0.3, -0.25) is 5.84 Å². The van der Waals surface area contributed by atoms with Crippen LogP contribution in [-0.4, -0.2) is 36.3 Å². The molecule has 0 saturated carbocycles.